The molecule has 3 aliphatic rings. The van der Waals surface area contributed by atoms with Crippen molar-refractivity contribution in [2.45, 2.75) is 31.5 Å². The van der Waals surface area contributed by atoms with Crippen LogP contribution in [-0.4, -0.2) is 33.0 Å². The molecular formula is C23H21N5O. The molecule has 144 valence electrons. The number of hydrogen-bond acceptors (Lipinski definition) is 5. The van der Waals surface area contributed by atoms with Crippen molar-refractivity contribution >= 4 is 28.2 Å². The van der Waals surface area contributed by atoms with Crippen LogP contribution < -0.4 is 11.1 Å². The molecule has 6 heteroatoms. The van der Waals surface area contributed by atoms with E-state index in [9.17, 15) is 4.79 Å². The van der Waals surface area contributed by atoms with E-state index in [1.54, 1.807) is 12.3 Å². The largest absolute Gasteiger partial charge is 0.366 e. The van der Waals surface area contributed by atoms with Crippen LogP contribution in [0.25, 0.3) is 22.3 Å². The van der Waals surface area contributed by atoms with Crippen molar-refractivity contribution in [3.05, 3.63) is 71.7 Å². The molecule has 1 saturated carbocycles. The zero-order valence-corrected chi connectivity index (χ0v) is 15.9. The third-order valence-electron chi connectivity index (χ3n) is 6.57. The zero-order valence-electron chi connectivity index (χ0n) is 15.9. The summed E-state index contributed by atoms with van der Waals surface area (Å²) in [6.07, 6.45) is 7.51. The Morgan fingerprint density at radius 2 is 2.03 bits per heavy atom. The SMILES string of the molecule is NC(=O)c1ccnc2ccc(C3=C(c4ccccn4)NC4[C@@H]5CC[C@H](C5)N34)cc12. The number of pyridine rings is 2. The average Bonchev–Trinajstić information content (AvgIpc) is 3.46. The number of nitrogens with two attached hydrogens (primary N) is 1. The number of nitrogens with zero attached hydrogens (tertiary/aromatic N) is 3. The summed E-state index contributed by atoms with van der Waals surface area (Å²) < 4.78 is 0. The predicted octanol–water partition coefficient (Wildman–Crippen LogP) is 2.97. The molecule has 2 bridgehead atoms. The molecular weight excluding hydrogens is 362 g/mol. The molecule has 1 aliphatic carbocycles. The normalized spacial score (nSPS) is 24.8. The molecule has 1 aromatic carbocycles. The van der Waals surface area contributed by atoms with Gasteiger partial charge in [0.1, 0.15) is 6.17 Å². The zero-order chi connectivity index (χ0) is 19.5. The third-order valence-corrected chi connectivity index (χ3v) is 6.57. The van der Waals surface area contributed by atoms with Gasteiger partial charge in [0, 0.05) is 29.4 Å². The van der Waals surface area contributed by atoms with E-state index in [0.717, 1.165) is 27.9 Å². The van der Waals surface area contributed by atoms with Crippen LogP contribution in [0.2, 0.25) is 0 Å². The maximum absolute atomic E-state index is 12.0. The molecule has 0 radical (unpaired) electrons. The van der Waals surface area contributed by atoms with Gasteiger partial charge in [0.2, 0.25) is 5.91 Å². The summed E-state index contributed by atoms with van der Waals surface area (Å²) in [7, 11) is 0. The Kier molecular flexibility index (Phi) is 3.45. The van der Waals surface area contributed by atoms with Crippen LogP contribution in [0.4, 0.5) is 0 Å². The van der Waals surface area contributed by atoms with Gasteiger partial charge in [0.15, 0.2) is 0 Å². The van der Waals surface area contributed by atoms with Crippen LogP contribution in [0.1, 0.15) is 40.9 Å². The van der Waals surface area contributed by atoms with E-state index in [0.29, 0.717) is 23.7 Å². The number of nitrogens with one attached hydrogen (secondary N) is 1. The second-order valence-electron chi connectivity index (χ2n) is 8.12. The van der Waals surface area contributed by atoms with Crippen LogP contribution in [0.3, 0.4) is 0 Å². The maximum atomic E-state index is 12.0. The number of carbonyl (C=O) groups is 1. The van der Waals surface area contributed by atoms with Crippen molar-refractivity contribution < 1.29 is 4.79 Å². The lowest BCUT2D eigenvalue weighted by Crippen LogP contribution is -2.41. The Bertz CT molecular complexity index is 1170. The quantitative estimate of drug-likeness (QED) is 0.726. The second-order valence-corrected chi connectivity index (χ2v) is 8.12. The first kappa shape index (κ1) is 16.5. The summed E-state index contributed by atoms with van der Waals surface area (Å²) >= 11 is 0. The van der Waals surface area contributed by atoms with Gasteiger partial charge in [-0.1, -0.05) is 12.1 Å². The Balaban J connectivity index is 1.57. The molecule has 2 fully saturated rings. The minimum atomic E-state index is -0.434. The Hall–Kier alpha value is -3.41. The van der Waals surface area contributed by atoms with Crippen molar-refractivity contribution in [2.24, 2.45) is 11.7 Å². The maximum Gasteiger partial charge on any atom is 0.249 e. The Labute approximate surface area is 168 Å². The fourth-order valence-corrected chi connectivity index (χ4v) is 5.35. The van der Waals surface area contributed by atoms with E-state index in [2.05, 4.69) is 32.3 Å². The van der Waals surface area contributed by atoms with Crippen molar-refractivity contribution in [1.29, 1.82) is 0 Å². The van der Waals surface area contributed by atoms with E-state index < -0.39 is 5.91 Å². The number of piperidine rings is 1. The summed E-state index contributed by atoms with van der Waals surface area (Å²) in [4.78, 5) is 23.5. The number of hydrogen-bond donors (Lipinski definition) is 2. The molecule has 4 heterocycles. The van der Waals surface area contributed by atoms with E-state index >= 15 is 0 Å². The van der Waals surface area contributed by atoms with Crippen LogP contribution >= 0.6 is 0 Å². The summed E-state index contributed by atoms with van der Waals surface area (Å²) in [5, 5.41) is 4.56. The number of benzene rings is 1. The van der Waals surface area contributed by atoms with Gasteiger partial charge in [-0.25, -0.2) is 0 Å². The number of aromatic nitrogens is 2. The van der Waals surface area contributed by atoms with Gasteiger partial charge >= 0.3 is 0 Å². The first-order chi connectivity index (χ1) is 14.2. The molecule has 1 unspecified atom stereocenters. The van der Waals surface area contributed by atoms with Crippen molar-refractivity contribution in [1.82, 2.24) is 20.2 Å². The highest BCUT2D eigenvalue weighted by Crippen LogP contribution is 2.50. The van der Waals surface area contributed by atoms with Gasteiger partial charge in [-0.15, -0.1) is 0 Å². The fraction of sp³-hybridized carbons (Fsp3) is 0.261. The number of carbonyl (C=O) groups excluding carboxylic acids is 1. The molecule has 2 aromatic heterocycles. The standard InChI is InChI=1S/C23H21N5O/c24-22(29)16-8-10-26-18-7-5-13(12-17(16)18)21-20(19-3-1-2-9-25-19)27-23-14-4-6-15(11-14)28(21)23/h1-3,5,7-10,12,14-15,23,27H,4,6,11H2,(H2,24,29)/t14-,15-,23?/m1/s1. The summed E-state index contributed by atoms with van der Waals surface area (Å²) in [6.45, 7) is 0. The van der Waals surface area contributed by atoms with Gasteiger partial charge in [-0.05, 0) is 55.5 Å². The number of fused-ring (bicyclic) bond motifs is 6. The predicted molar refractivity (Wildman–Crippen MR) is 111 cm³/mol. The molecule has 2 aliphatic heterocycles. The Morgan fingerprint density at radius 3 is 2.86 bits per heavy atom. The van der Waals surface area contributed by atoms with Gasteiger partial charge in [-0.2, -0.15) is 0 Å². The lowest BCUT2D eigenvalue weighted by Gasteiger charge is -2.33. The highest BCUT2D eigenvalue weighted by molar-refractivity contribution is 6.06. The van der Waals surface area contributed by atoms with Gasteiger partial charge in [0.05, 0.1) is 28.2 Å². The molecule has 3 aromatic rings. The van der Waals surface area contributed by atoms with E-state index in [4.69, 9.17) is 5.73 Å². The van der Waals surface area contributed by atoms with Crippen molar-refractivity contribution in [2.75, 3.05) is 0 Å². The smallest absolute Gasteiger partial charge is 0.249 e. The Morgan fingerprint density at radius 1 is 1.10 bits per heavy atom. The number of primary amides is 1. The number of rotatable bonds is 3. The summed E-state index contributed by atoms with van der Waals surface area (Å²) in [6, 6.07) is 14.4. The highest BCUT2D eigenvalue weighted by atomic mass is 16.1. The fourth-order valence-electron chi connectivity index (χ4n) is 5.35. The minimum absolute atomic E-state index is 0.320. The van der Waals surface area contributed by atoms with Gasteiger partial charge in [0.25, 0.3) is 0 Å². The van der Waals surface area contributed by atoms with E-state index in [-0.39, 0.29) is 0 Å². The first-order valence-electron chi connectivity index (χ1n) is 10.1. The molecule has 1 saturated heterocycles. The molecule has 1 amide bonds. The van der Waals surface area contributed by atoms with E-state index in [1.807, 2.05) is 30.5 Å². The summed E-state index contributed by atoms with van der Waals surface area (Å²) in [5.74, 6) is 0.232. The van der Waals surface area contributed by atoms with Crippen molar-refractivity contribution in [3.8, 4) is 0 Å². The molecule has 29 heavy (non-hydrogen) atoms. The second kappa shape index (κ2) is 6.04. The molecule has 3 atom stereocenters. The molecule has 6 rings (SSSR count). The number of amides is 1. The van der Waals surface area contributed by atoms with E-state index in [1.165, 1.54) is 25.0 Å². The lowest BCUT2D eigenvalue weighted by atomic mass is 10.0. The third kappa shape index (κ3) is 2.38. The molecule has 6 nitrogen and oxygen atoms in total. The molecule has 3 N–H and O–H groups in total. The lowest BCUT2D eigenvalue weighted by molar-refractivity contribution is 0.100. The van der Waals surface area contributed by atoms with Gasteiger partial charge in [-0.3, -0.25) is 14.8 Å². The minimum Gasteiger partial charge on any atom is -0.366 e. The van der Waals surface area contributed by atoms with Crippen LogP contribution in [0.15, 0.2) is 54.9 Å². The van der Waals surface area contributed by atoms with Crippen LogP contribution in [-0.2, 0) is 0 Å². The van der Waals surface area contributed by atoms with Gasteiger partial charge < -0.3 is 16.0 Å². The van der Waals surface area contributed by atoms with Crippen LogP contribution in [0, 0.1) is 5.92 Å². The summed E-state index contributed by atoms with van der Waals surface area (Å²) in [5.41, 5.74) is 11.1. The average molecular weight is 383 g/mol. The molecule has 0 spiro atoms. The van der Waals surface area contributed by atoms with Crippen molar-refractivity contribution in [3.63, 3.8) is 0 Å². The highest BCUT2D eigenvalue weighted by Gasteiger charge is 2.51. The topological polar surface area (TPSA) is 84.1 Å². The monoisotopic (exact) mass is 383 g/mol. The first-order valence-corrected chi connectivity index (χ1v) is 10.1. The van der Waals surface area contributed by atoms with Crippen LogP contribution in [0.5, 0.6) is 0 Å².